The van der Waals surface area contributed by atoms with E-state index in [1.807, 2.05) is 18.0 Å². The lowest BCUT2D eigenvalue weighted by molar-refractivity contribution is -0.143. The molecule has 0 bridgehead atoms. The van der Waals surface area contributed by atoms with Crippen molar-refractivity contribution in [3.63, 3.8) is 0 Å². The first kappa shape index (κ1) is 13.3. The molecule has 2 heterocycles. The fraction of sp³-hybridized carbons (Fsp3) is 0.500. The van der Waals surface area contributed by atoms with E-state index in [-0.39, 0.29) is 12.6 Å². The maximum Gasteiger partial charge on any atom is 0.310 e. The quantitative estimate of drug-likeness (QED) is 0.893. The molecule has 0 aliphatic carbocycles. The Labute approximate surface area is 110 Å². The maximum atomic E-state index is 11.1. The van der Waals surface area contributed by atoms with Crippen LogP contribution in [0.1, 0.15) is 5.56 Å². The molecule has 1 aliphatic heterocycles. The number of halogens is 1. The topological polar surface area (TPSA) is 62.7 Å². The van der Waals surface area contributed by atoms with Crippen molar-refractivity contribution in [2.45, 2.75) is 12.6 Å². The van der Waals surface area contributed by atoms with Crippen molar-refractivity contribution in [2.75, 3.05) is 20.3 Å². The van der Waals surface area contributed by atoms with Gasteiger partial charge in [0.25, 0.3) is 0 Å². The molecule has 2 unspecified atom stereocenters. The molecule has 1 aliphatic rings. The molecule has 0 aromatic carbocycles. The molecule has 1 fully saturated rings. The Balaban J connectivity index is 2.06. The van der Waals surface area contributed by atoms with Crippen molar-refractivity contribution in [1.29, 1.82) is 0 Å². The molecule has 0 radical (unpaired) electrons. The number of aromatic nitrogens is 1. The highest BCUT2D eigenvalue weighted by molar-refractivity contribution is 6.31. The molecule has 1 aromatic rings. The predicted octanol–water partition coefficient (Wildman–Crippen LogP) is 1.27. The lowest BCUT2D eigenvalue weighted by Crippen LogP contribution is -2.40. The molecule has 1 saturated heterocycles. The molecule has 5 nitrogen and oxygen atoms in total. The normalized spacial score (nSPS) is 23.5. The van der Waals surface area contributed by atoms with Crippen LogP contribution in [0.5, 0.6) is 0 Å². The molecule has 1 aromatic heterocycles. The number of ether oxygens (including phenoxy) is 1. The number of hydrogen-bond acceptors (Lipinski definition) is 4. The predicted molar refractivity (Wildman–Crippen MR) is 66.4 cm³/mol. The van der Waals surface area contributed by atoms with Crippen LogP contribution in [0.25, 0.3) is 0 Å². The lowest BCUT2D eigenvalue weighted by atomic mass is 10.0. The Morgan fingerprint density at radius 2 is 2.44 bits per heavy atom. The van der Waals surface area contributed by atoms with E-state index in [0.29, 0.717) is 18.2 Å². The monoisotopic (exact) mass is 270 g/mol. The zero-order valence-electron chi connectivity index (χ0n) is 10.0. The number of hydrogen-bond donors (Lipinski definition) is 1. The highest BCUT2D eigenvalue weighted by Gasteiger charge is 2.36. The van der Waals surface area contributed by atoms with Crippen LogP contribution >= 0.6 is 11.6 Å². The van der Waals surface area contributed by atoms with Gasteiger partial charge in [0.2, 0.25) is 0 Å². The zero-order valence-corrected chi connectivity index (χ0v) is 10.8. The molecular formula is C12H15ClN2O3. The fourth-order valence-electron chi connectivity index (χ4n) is 2.13. The van der Waals surface area contributed by atoms with Crippen molar-refractivity contribution in [2.24, 2.45) is 5.92 Å². The molecule has 1 N–H and O–H groups in total. The number of rotatable bonds is 4. The minimum absolute atomic E-state index is 0.119. The van der Waals surface area contributed by atoms with Gasteiger partial charge in [0.15, 0.2) is 0 Å². The van der Waals surface area contributed by atoms with E-state index >= 15 is 0 Å². The average Bonchev–Trinajstić information content (AvgIpc) is 2.81. The van der Waals surface area contributed by atoms with Gasteiger partial charge in [-0.05, 0) is 18.7 Å². The molecule has 0 saturated carbocycles. The van der Waals surface area contributed by atoms with Crippen LogP contribution in [0.3, 0.4) is 0 Å². The third-order valence-electron chi connectivity index (χ3n) is 3.21. The summed E-state index contributed by atoms with van der Waals surface area (Å²) in [4.78, 5) is 17.0. The van der Waals surface area contributed by atoms with Gasteiger partial charge in [-0.15, -0.1) is 0 Å². The van der Waals surface area contributed by atoms with Gasteiger partial charge in [-0.1, -0.05) is 11.6 Å². The van der Waals surface area contributed by atoms with E-state index in [4.69, 9.17) is 21.4 Å². The Kier molecular flexibility index (Phi) is 4.16. The van der Waals surface area contributed by atoms with Crippen molar-refractivity contribution in [3.05, 3.63) is 29.0 Å². The molecule has 2 rings (SSSR count). The van der Waals surface area contributed by atoms with E-state index in [9.17, 15) is 4.79 Å². The molecule has 18 heavy (non-hydrogen) atoms. The molecule has 0 spiro atoms. The van der Waals surface area contributed by atoms with Crippen LogP contribution in [-0.2, 0) is 16.1 Å². The first-order chi connectivity index (χ1) is 8.59. The van der Waals surface area contributed by atoms with Crippen molar-refractivity contribution in [1.82, 2.24) is 9.88 Å². The smallest absolute Gasteiger partial charge is 0.310 e. The van der Waals surface area contributed by atoms with Crippen LogP contribution in [0.4, 0.5) is 0 Å². The number of likely N-dealkylation sites (N-methyl/N-ethyl adjacent to an activating group) is 1. The van der Waals surface area contributed by atoms with E-state index in [1.54, 1.807) is 12.4 Å². The van der Waals surface area contributed by atoms with Crippen LogP contribution in [-0.4, -0.2) is 47.3 Å². The minimum atomic E-state index is -0.815. The van der Waals surface area contributed by atoms with E-state index < -0.39 is 11.9 Å². The molecule has 6 heteroatoms. The SMILES string of the molecule is CN(Cc1ccncc1Cl)C1COCC1C(=O)O. The van der Waals surface area contributed by atoms with Crippen molar-refractivity contribution in [3.8, 4) is 0 Å². The van der Waals surface area contributed by atoms with Crippen molar-refractivity contribution < 1.29 is 14.6 Å². The Bertz CT molecular complexity index is 441. The maximum absolute atomic E-state index is 11.1. The number of carboxylic acids is 1. The van der Waals surface area contributed by atoms with Gasteiger partial charge in [-0.2, -0.15) is 0 Å². The number of carbonyl (C=O) groups is 1. The molecular weight excluding hydrogens is 256 g/mol. The van der Waals surface area contributed by atoms with Gasteiger partial charge < -0.3 is 9.84 Å². The standard InChI is InChI=1S/C12H15ClN2O3/c1-15(5-8-2-3-14-4-10(8)13)11-7-18-6-9(11)12(16)17/h2-4,9,11H,5-7H2,1H3,(H,16,17). The van der Waals surface area contributed by atoms with Crippen LogP contribution in [0, 0.1) is 5.92 Å². The Morgan fingerprint density at radius 1 is 1.67 bits per heavy atom. The number of nitrogens with zero attached hydrogens (tertiary/aromatic N) is 2. The fourth-order valence-corrected chi connectivity index (χ4v) is 2.31. The summed E-state index contributed by atoms with van der Waals surface area (Å²) < 4.78 is 5.25. The number of carboxylic acid groups (broad SMARTS) is 1. The average molecular weight is 271 g/mol. The summed E-state index contributed by atoms with van der Waals surface area (Å²) in [5, 5.41) is 9.70. The largest absolute Gasteiger partial charge is 0.481 e. The first-order valence-corrected chi connectivity index (χ1v) is 6.06. The highest BCUT2D eigenvalue weighted by Crippen LogP contribution is 2.22. The second kappa shape index (κ2) is 5.65. The third-order valence-corrected chi connectivity index (χ3v) is 3.55. The molecule has 98 valence electrons. The third kappa shape index (κ3) is 2.80. The van der Waals surface area contributed by atoms with Gasteiger partial charge in [0.05, 0.1) is 24.2 Å². The van der Waals surface area contributed by atoms with Crippen LogP contribution < -0.4 is 0 Å². The van der Waals surface area contributed by atoms with Gasteiger partial charge >= 0.3 is 5.97 Å². The van der Waals surface area contributed by atoms with Gasteiger partial charge in [0.1, 0.15) is 0 Å². The second-order valence-corrected chi connectivity index (χ2v) is 4.84. The van der Waals surface area contributed by atoms with Gasteiger partial charge in [-0.25, -0.2) is 0 Å². The molecule has 0 amide bonds. The van der Waals surface area contributed by atoms with Gasteiger partial charge in [-0.3, -0.25) is 14.7 Å². The summed E-state index contributed by atoms with van der Waals surface area (Å²) in [5.74, 6) is -1.29. The van der Waals surface area contributed by atoms with E-state index in [2.05, 4.69) is 4.98 Å². The Hall–Kier alpha value is -1.17. The van der Waals surface area contributed by atoms with E-state index in [1.165, 1.54) is 0 Å². The van der Waals surface area contributed by atoms with Crippen molar-refractivity contribution >= 4 is 17.6 Å². The van der Waals surface area contributed by atoms with Gasteiger partial charge in [0, 0.05) is 25.0 Å². The summed E-state index contributed by atoms with van der Waals surface area (Å²) in [6.07, 6.45) is 3.26. The number of aliphatic carboxylic acids is 1. The lowest BCUT2D eigenvalue weighted by Gasteiger charge is -2.26. The Morgan fingerprint density at radius 3 is 3.11 bits per heavy atom. The first-order valence-electron chi connectivity index (χ1n) is 5.68. The van der Waals surface area contributed by atoms with Crippen LogP contribution in [0.15, 0.2) is 18.5 Å². The number of pyridine rings is 1. The van der Waals surface area contributed by atoms with E-state index in [0.717, 1.165) is 5.56 Å². The summed E-state index contributed by atoms with van der Waals surface area (Å²) in [7, 11) is 1.88. The summed E-state index contributed by atoms with van der Waals surface area (Å²) in [6, 6.07) is 1.72. The summed E-state index contributed by atoms with van der Waals surface area (Å²) in [5.41, 5.74) is 0.935. The zero-order chi connectivity index (χ0) is 13.1. The highest BCUT2D eigenvalue weighted by atomic mass is 35.5. The minimum Gasteiger partial charge on any atom is -0.481 e. The summed E-state index contributed by atoms with van der Waals surface area (Å²) >= 11 is 6.04. The summed E-state index contributed by atoms with van der Waals surface area (Å²) in [6.45, 7) is 1.30. The second-order valence-electron chi connectivity index (χ2n) is 4.43. The molecule has 2 atom stereocenters. The van der Waals surface area contributed by atoms with Crippen LogP contribution in [0.2, 0.25) is 5.02 Å².